The number of hydrogen-bond acceptors (Lipinski definition) is 4. The van der Waals surface area contributed by atoms with Gasteiger partial charge in [-0.1, -0.05) is 115 Å². The van der Waals surface area contributed by atoms with Crippen molar-refractivity contribution in [3.05, 3.63) is 200 Å². The lowest BCUT2D eigenvalue weighted by atomic mass is 10.00. The molecule has 8 heteroatoms. The van der Waals surface area contributed by atoms with Crippen LogP contribution in [0.15, 0.2) is 200 Å². The predicted octanol–water partition coefficient (Wildman–Crippen LogP) is 13.9. The Hall–Kier alpha value is -8.33. The molecule has 0 saturated heterocycles. The lowest BCUT2D eigenvalue weighted by Gasteiger charge is -2.10. The summed E-state index contributed by atoms with van der Waals surface area (Å²) in [6.45, 7) is 0. The predicted molar refractivity (Wildman–Crippen MR) is 260 cm³/mol. The van der Waals surface area contributed by atoms with E-state index in [9.17, 15) is 0 Å². The number of hydrogen-bond donors (Lipinski definition) is 0. The molecule has 7 nitrogen and oxygen atoms in total. The van der Waals surface area contributed by atoms with Gasteiger partial charge in [0.05, 0.1) is 54.5 Å². The third kappa shape index (κ3) is 5.04. The highest BCUT2D eigenvalue weighted by molar-refractivity contribution is 7.25. The Balaban J connectivity index is 0.951. The molecule has 0 N–H and O–H groups in total. The van der Waals surface area contributed by atoms with Crippen LogP contribution in [0.5, 0.6) is 0 Å². The summed E-state index contributed by atoms with van der Waals surface area (Å²) in [5.74, 6) is 1.76. The van der Waals surface area contributed by atoms with Crippen LogP contribution in [0.4, 0.5) is 0 Å². The van der Waals surface area contributed by atoms with Crippen molar-refractivity contribution in [3.63, 3.8) is 0 Å². The molecule has 0 aliphatic rings. The summed E-state index contributed by atoms with van der Waals surface area (Å²) >= 11 is 1.73. The van der Waals surface area contributed by atoms with Crippen LogP contribution in [0.1, 0.15) is 0 Å². The largest absolute Gasteiger partial charge is 0.278 e. The van der Waals surface area contributed by atoms with E-state index in [1.807, 2.05) is 12.3 Å². The van der Waals surface area contributed by atoms with E-state index in [-0.39, 0.29) is 0 Å². The standard InChI is InChI=1S/C55H33N7S/c1-2-11-34(12-3-1)35-22-24-36(25-23-35)37-13-8-14-40(31-37)59-47-28-26-38(32-50(47)60-45-19-6-4-17-43(45)57-54(59)60)39-27-29-48-51(33-39)61-46-20-7-5-18-44(46)58-55(61)62(48)49-21-9-15-41-42-16-10-30-56-53(42)63-52(41)49/h1-33H. The van der Waals surface area contributed by atoms with E-state index in [0.29, 0.717) is 0 Å². The lowest BCUT2D eigenvalue weighted by Crippen LogP contribution is -1.95. The lowest BCUT2D eigenvalue weighted by molar-refractivity contribution is 1.11. The number of aromatic nitrogens is 7. The number of pyridine rings is 1. The van der Waals surface area contributed by atoms with Gasteiger partial charge in [0.1, 0.15) is 4.83 Å². The third-order valence-corrected chi connectivity index (χ3v) is 13.8. The number of thiophene rings is 1. The van der Waals surface area contributed by atoms with Crippen molar-refractivity contribution in [1.29, 1.82) is 0 Å². The molecule has 0 radical (unpaired) electrons. The number of fused-ring (bicyclic) bond motifs is 13. The average Bonchev–Trinajstić information content (AvgIpc) is 4.15. The van der Waals surface area contributed by atoms with Crippen molar-refractivity contribution in [2.75, 3.05) is 0 Å². The summed E-state index contributed by atoms with van der Waals surface area (Å²) in [6.07, 6.45) is 1.88. The summed E-state index contributed by atoms with van der Waals surface area (Å²) < 4.78 is 10.5. The number of nitrogens with zero attached hydrogens (tertiary/aromatic N) is 7. The summed E-state index contributed by atoms with van der Waals surface area (Å²) in [4.78, 5) is 16.3. The van der Waals surface area contributed by atoms with Gasteiger partial charge in [0.2, 0.25) is 11.6 Å². The fourth-order valence-corrected chi connectivity index (χ4v) is 10.9. The second-order valence-corrected chi connectivity index (χ2v) is 17.2. The first-order chi connectivity index (χ1) is 31.2. The second kappa shape index (κ2) is 13.1. The van der Waals surface area contributed by atoms with Gasteiger partial charge in [-0.3, -0.25) is 17.9 Å². The smallest absolute Gasteiger partial charge is 0.220 e. The third-order valence-electron chi connectivity index (χ3n) is 12.7. The van der Waals surface area contributed by atoms with Gasteiger partial charge in [-0.2, -0.15) is 0 Å². The highest BCUT2D eigenvalue weighted by atomic mass is 32.1. The Morgan fingerprint density at radius 2 is 0.905 bits per heavy atom. The van der Waals surface area contributed by atoms with Crippen LogP contribution in [0, 0.1) is 0 Å². The van der Waals surface area contributed by atoms with Crippen LogP contribution in [-0.2, 0) is 0 Å². The zero-order valence-corrected chi connectivity index (χ0v) is 34.4. The maximum Gasteiger partial charge on any atom is 0.220 e. The van der Waals surface area contributed by atoms with Crippen LogP contribution in [0.3, 0.4) is 0 Å². The molecule has 63 heavy (non-hydrogen) atoms. The minimum absolute atomic E-state index is 0.879. The van der Waals surface area contributed by atoms with E-state index in [2.05, 4.69) is 206 Å². The normalized spacial score (nSPS) is 12.1. The van der Waals surface area contributed by atoms with Gasteiger partial charge in [-0.05, 0) is 112 Å². The Morgan fingerprint density at radius 3 is 1.62 bits per heavy atom. The molecule has 0 amide bonds. The molecule has 0 fully saturated rings. The van der Waals surface area contributed by atoms with E-state index >= 15 is 0 Å². The Labute approximate surface area is 363 Å². The molecule has 0 bridgehead atoms. The van der Waals surface area contributed by atoms with Crippen LogP contribution in [0.25, 0.3) is 121 Å². The molecule has 6 heterocycles. The Morgan fingerprint density at radius 1 is 0.365 bits per heavy atom. The fraction of sp³-hybridized carbons (Fsp3) is 0. The minimum Gasteiger partial charge on any atom is -0.278 e. The van der Waals surface area contributed by atoms with E-state index in [1.165, 1.54) is 32.2 Å². The van der Waals surface area contributed by atoms with Crippen molar-refractivity contribution in [1.82, 2.24) is 32.9 Å². The zero-order valence-electron chi connectivity index (χ0n) is 33.6. The average molecular weight is 824 g/mol. The van der Waals surface area contributed by atoms with Gasteiger partial charge in [0.25, 0.3) is 0 Å². The summed E-state index contributed by atoms with van der Waals surface area (Å²) in [7, 11) is 0. The van der Waals surface area contributed by atoms with Gasteiger partial charge >= 0.3 is 0 Å². The van der Waals surface area contributed by atoms with E-state index < -0.39 is 0 Å². The summed E-state index contributed by atoms with van der Waals surface area (Å²) in [5, 5.41) is 2.38. The molecule has 0 atom stereocenters. The highest BCUT2D eigenvalue weighted by Crippen LogP contribution is 2.41. The zero-order chi connectivity index (χ0) is 41.2. The summed E-state index contributed by atoms with van der Waals surface area (Å²) in [5.41, 5.74) is 17.6. The first-order valence-corrected chi connectivity index (χ1v) is 21.9. The van der Waals surface area contributed by atoms with E-state index in [0.717, 1.165) is 88.6 Å². The number of para-hydroxylation sites is 4. The highest BCUT2D eigenvalue weighted by Gasteiger charge is 2.22. The van der Waals surface area contributed by atoms with Gasteiger partial charge in [0.15, 0.2) is 0 Å². The molecule has 14 rings (SSSR count). The molecule has 0 saturated carbocycles. The van der Waals surface area contributed by atoms with Gasteiger partial charge in [-0.15, -0.1) is 11.3 Å². The van der Waals surface area contributed by atoms with Gasteiger partial charge < -0.3 is 0 Å². The first-order valence-electron chi connectivity index (χ1n) is 21.1. The van der Waals surface area contributed by atoms with Crippen molar-refractivity contribution in [3.8, 4) is 44.8 Å². The molecule has 294 valence electrons. The molecular formula is C55H33N7S. The molecule has 0 spiro atoms. The van der Waals surface area contributed by atoms with Gasteiger partial charge in [-0.25, -0.2) is 15.0 Å². The number of rotatable bonds is 5. The van der Waals surface area contributed by atoms with Crippen LogP contribution in [0.2, 0.25) is 0 Å². The molecular weight excluding hydrogens is 791 g/mol. The van der Waals surface area contributed by atoms with Crippen LogP contribution >= 0.6 is 11.3 Å². The monoisotopic (exact) mass is 823 g/mol. The number of benzene rings is 8. The second-order valence-electron chi connectivity index (χ2n) is 16.2. The van der Waals surface area contributed by atoms with Crippen molar-refractivity contribution in [2.24, 2.45) is 0 Å². The quantitative estimate of drug-likeness (QED) is 0.174. The summed E-state index contributed by atoms with van der Waals surface area (Å²) in [6, 6.07) is 69.4. The Bertz CT molecular complexity index is 4150. The maximum atomic E-state index is 5.27. The van der Waals surface area contributed by atoms with E-state index in [1.54, 1.807) is 11.3 Å². The van der Waals surface area contributed by atoms with Crippen molar-refractivity contribution >= 4 is 87.3 Å². The van der Waals surface area contributed by atoms with Crippen LogP contribution < -0.4 is 0 Å². The molecule has 8 aromatic carbocycles. The maximum absolute atomic E-state index is 5.27. The molecule has 0 aliphatic heterocycles. The molecule has 0 unspecified atom stereocenters. The SMILES string of the molecule is c1ccc(-c2ccc(-c3cccc(-n4c5ccc(-c6ccc7c(c6)n6c8ccccc8nc6n7-c6cccc7c6sc6ncccc67)cc5n5c6ccccc6nc45)c3)cc2)cc1. The first kappa shape index (κ1) is 34.4. The minimum atomic E-state index is 0.879. The number of imidazole rings is 4. The van der Waals surface area contributed by atoms with Gasteiger partial charge in [0, 0.05) is 22.7 Å². The molecule has 0 aliphatic carbocycles. The Kier molecular flexibility index (Phi) is 7.14. The topological polar surface area (TPSA) is 57.3 Å². The van der Waals surface area contributed by atoms with E-state index in [4.69, 9.17) is 15.0 Å². The van der Waals surface area contributed by atoms with Crippen molar-refractivity contribution in [2.45, 2.75) is 0 Å². The van der Waals surface area contributed by atoms with Crippen LogP contribution in [-0.4, -0.2) is 32.9 Å². The van der Waals surface area contributed by atoms with Crippen molar-refractivity contribution < 1.29 is 0 Å². The molecule has 14 aromatic rings. The molecule has 6 aromatic heterocycles. The fourth-order valence-electron chi connectivity index (χ4n) is 9.76.